The number of rotatable bonds is 1. The predicted molar refractivity (Wildman–Crippen MR) is 56.6 cm³/mol. The highest BCUT2D eigenvalue weighted by Crippen LogP contribution is 2.25. The summed E-state index contributed by atoms with van der Waals surface area (Å²) in [6.07, 6.45) is 0.992. The van der Waals surface area contributed by atoms with Crippen molar-refractivity contribution in [1.82, 2.24) is 25.2 Å². The monoisotopic (exact) mass is 219 g/mol. The minimum Gasteiger partial charge on any atom is -0.332 e. The lowest BCUT2D eigenvalue weighted by Crippen LogP contribution is -2.24. The van der Waals surface area contributed by atoms with Gasteiger partial charge in [-0.05, 0) is 6.92 Å². The molecule has 0 saturated heterocycles. The minimum absolute atomic E-state index is 0.512. The Morgan fingerprint density at radius 1 is 1.44 bits per heavy atom. The van der Waals surface area contributed by atoms with Crippen LogP contribution in [0.1, 0.15) is 17.1 Å². The van der Waals surface area contributed by atoms with Gasteiger partial charge in [0.2, 0.25) is 0 Å². The standard InChI is InChI=1S/C10H13N5O/c1-6-12-10(16-14-6)9-7-5-11-4-3-8(7)15(2)13-9/h11H,3-5H2,1-2H3. The molecule has 0 fully saturated rings. The van der Waals surface area contributed by atoms with Gasteiger partial charge in [-0.2, -0.15) is 10.1 Å². The van der Waals surface area contributed by atoms with Crippen molar-refractivity contribution in [1.29, 1.82) is 0 Å². The quantitative estimate of drug-likeness (QED) is 0.753. The Balaban J connectivity index is 2.14. The van der Waals surface area contributed by atoms with Crippen molar-refractivity contribution in [2.24, 2.45) is 7.05 Å². The largest absolute Gasteiger partial charge is 0.332 e. The van der Waals surface area contributed by atoms with Crippen molar-refractivity contribution in [3.8, 4) is 11.6 Å². The smallest absolute Gasteiger partial charge is 0.278 e. The molecule has 2 aromatic rings. The van der Waals surface area contributed by atoms with Crippen LogP contribution in [0.2, 0.25) is 0 Å². The lowest BCUT2D eigenvalue weighted by Gasteiger charge is -2.13. The van der Waals surface area contributed by atoms with Gasteiger partial charge in [0.15, 0.2) is 11.5 Å². The highest BCUT2D eigenvalue weighted by atomic mass is 16.5. The zero-order valence-electron chi connectivity index (χ0n) is 9.32. The van der Waals surface area contributed by atoms with Crippen molar-refractivity contribution < 1.29 is 4.52 Å². The zero-order valence-corrected chi connectivity index (χ0v) is 9.32. The first kappa shape index (κ1) is 9.53. The number of fused-ring (bicyclic) bond motifs is 1. The maximum Gasteiger partial charge on any atom is 0.278 e. The second-order valence-corrected chi connectivity index (χ2v) is 3.97. The molecule has 2 aromatic heterocycles. The van der Waals surface area contributed by atoms with Gasteiger partial charge in [-0.3, -0.25) is 4.68 Å². The number of nitrogens with one attached hydrogen (secondary N) is 1. The summed E-state index contributed by atoms with van der Waals surface area (Å²) in [7, 11) is 1.96. The van der Waals surface area contributed by atoms with Crippen LogP contribution in [0.25, 0.3) is 11.6 Å². The lowest BCUT2D eigenvalue weighted by atomic mass is 10.1. The molecule has 1 N–H and O–H groups in total. The van der Waals surface area contributed by atoms with Gasteiger partial charge in [0, 0.05) is 37.8 Å². The SMILES string of the molecule is Cc1noc(-c2nn(C)c3c2CNCC3)n1. The van der Waals surface area contributed by atoms with E-state index in [0.29, 0.717) is 11.7 Å². The van der Waals surface area contributed by atoms with Crippen molar-refractivity contribution in [2.45, 2.75) is 19.9 Å². The van der Waals surface area contributed by atoms with E-state index in [1.54, 1.807) is 6.92 Å². The van der Waals surface area contributed by atoms with Gasteiger partial charge >= 0.3 is 0 Å². The Hall–Kier alpha value is -1.69. The van der Waals surface area contributed by atoms with E-state index < -0.39 is 0 Å². The van der Waals surface area contributed by atoms with E-state index in [2.05, 4.69) is 20.6 Å². The first-order chi connectivity index (χ1) is 7.75. The Morgan fingerprint density at radius 2 is 2.31 bits per heavy atom. The van der Waals surface area contributed by atoms with Crippen molar-refractivity contribution in [3.63, 3.8) is 0 Å². The summed E-state index contributed by atoms with van der Waals surface area (Å²) in [5, 5.41) is 11.6. The predicted octanol–water partition coefficient (Wildman–Crippen LogP) is 0.424. The Bertz CT molecular complexity index is 527. The molecule has 1 aliphatic heterocycles. The van der Waals surface area contributed by atoms with Crippen molar-refractivity contribution in [3.05, 3.63) is 17.1 Å². The Labute approximate surface area is 92.6 Å². The molecule has 16 heavy (non-hydrogen) atoms. The third kappa shape index (κ3) is 1.34. The summed E-state index contributed by atoms with van der Waals surface area (Å²) in [6, 6.07) is 0. The summed E-state index contributed by atoms with van der Waals surface area (Å²) < 4.78 is 7.07. The molecule has 0 aromatic carbocycles. The number of nitrogens with zero attached hydrogens (tertiary/aromatic N) is 4. The average molecular weight is 219 g/mol. The van der Waals surface area contributed by atoms with E-state index >= 15 is 0 Å². The molecular weight excluding hydrogens is 206 g/mol. The van der Waals surface area contributed by atoms with Crippen LogP contribution in [-0.2, 0) is 20.0 Å². The van der Waals surface area contributed by atoms with E-state index in [-0.39, 0.29) is 0 Å². The second-order valence-electron chi connectivity index (χ2n) is 3.97. The fraction of sp³-hybridized carbons (Fsp3) is 0.500. The van der Waals surface area contributed by atoms with E-state index in [1.165, 1.54) is 11.3 Å². The Kier molecular flexibility index (Phi) is 2.03. The minimum atomic E-state index is 0.512. The summed E-state index contributed by atoms with van der Waals surface area (Å²) in [6.45, 7) is 3.62. The average Bonchev–Trinajstić information content (AvgIpc) is 2.84. The molecule has 0 radical (unpaired) electrons. The van der Waals surface area contributed by atoms with Crippen LogP contribution in [-0.4, -0.2) is 26.5 Å². The fourth-order valence-electron chi connectivity index (χ4n) is 2.09. The highest BCUT2D eigenvalue weighted by Gasteiger charge is 2.23. The topological polar surface area (TPSA) is 68.8 Å². The van der Waals surface area contributed by atoms with Gasteiger partial charge in [0.25, 0.3) is 5.89 Å². The van der Waals surface area contributed by atoms with Gasteiger partial charge in [-0.25, -0.2) is 0 Å². The Morgan fingerprint density at radius 3 is 3.06 bits per heavy atom. The molecule has 3 rings (SSSR count). The molecule has 6 nitrogen and oxygen atoms in total. The number of hydrogen-bond acceptors (Lipinski definition) is 5. The van der Waals surface area contributed by atoms with Crippen LogP contribution < -0.4 is 5.32 Å². The molecule has 1 aliphatic rings. The van der Waals surface area contributed by atoms with Gasteiger partial charge in [-0.15, -0.1) is 0 Å². The fourth-order valence-corrected chi connectivity index (χ4v) is 2.09. The maximum absolute atomic E-state index is 5.17. The number of hydrogen-bond donors (Lipinski definition) is 1. The summed E-state index contributed by atoms with van der Waals surface area (Å²) in [5.41, 5.74) is 3.24. The van der Waals surface area contributed by atoms with Gasteiger partial charge in [-0.1, -0.05) is 5.16 Å². The molecule has 84 valence electrons. The van der Waals surface area contributed by atoms with Gasteiger partial charge in [0.05, 0.1) is 0 Å². The molecule has 0 bridgehead atoms. The van der Waals surface area contributed by atoms with E-state index in [0.717, 1.165) is 25.2 Å². The second kappa shape index (κ2) is 3.41. The van der Waals surface area contributed by atoms with Crippen LogP contribution in [0.15, 0.2) is 4.52 Å². The van der Waals surface area contributed by atoms with Crippen molar-refractivity contribution >= 4 is 0 Å². The number of aryl methyl sites for hydroxylation is 2. The third-order valence-corrected chi connectivity index (χ3v) is 2.85. The molecule has 6 heteroatoms. The third-order valence-electron chi connectivity index (χ3n) is 2.85. The van der Waals surface area contributed by atoms with Gasteiger partial charge in [0.1, 0.15) is 0 Å². The van der Waals surface area contributed by atoms with E-state index in [9.17, 15) is 0 Å². The molecule has 0 spiro atoms. The molecule has 0 amide bonds. The summed E-state index contributed by atoms with van der Waals surface area (Å²) >= 11 is 0. The number of aromatic nitrogens is 4. The van der Waals surface area contributed by atoms with Gasteiger partial charge < -0.3 is 9.84 Å². The maximum atomic E-state index is 5.17. The first-order valence-corrected chi connectivity index (χ1v) is 5.32. The van der Waals surface area contributed by atoms with E-state index in [1.807, 2.05) is 11.7 Å². The normalized spacial score (nSPS) is 15.1. The van der Waals surface area contributed by atoms with Crippen molar-refractivity contribution in [2.75, 3.05) is 6.54 Å². The molecule has 0 aliphatic carbocycles. The van der Waals surface area contributed by atoms with Crippen LogP contribution in [0.3, 0.4) is 0 Å². The molecular formula is C10H13N5O. The zero-order chi connectivity index (χ0) is 11.1. The van der Waals surface area contributed by atoms with E-state index in [4.69, 9.17) is 4.52 Å². The molecule has 0 atom stereocenters. The molecule has 0 unspecified atom stereocenters. The molecule has 0 saturated carbocycles. The van der Waals surface area contributed by atoms with Crippen LogP contribution in [0.4, 0.5) is 0 Å². The summed E-state index contributed by atoms with van der Waals surface area (Å²) in [4.78, 5) is 4.22. The lowest BCUT2D eigenvalue weighted by molar-refractivity contribution is 0.423. The molecule has 3 heterocycles. The first-order valence-electron chi connectivity index (χ1n) is 5.32. The van der Waals surface area contributed by atoms with Crippen LogP contribution in [0.5, 0.6) is 0 Å². The van der Waals surface area contributed by atoms with Crippen LogP contribution in [0, 0.1) is 6.92 Å². The van der Waals surface area contributed by atoms with Crippen LogP contribution >= 0.6 is 0 Å². The summed E-state index contributed by atoms with van der Waals surface area (Å²) in [5.74, 6) is 1.15. The highest BCUT2D eigenvalue weighted by molar-refractivity contribution is 5.55.